The molecule has 2 aromatic carbocycles. The smallest absolute Gasteiger partial charge is 0.243 e. The maximum Gasteiger partial charge on any atom is 0.243 e. The fraction of sp³-hybridized carbons (Fsp3) is 0.238. The summed E-state index contributed by atoms with van der Waals surface area (Å²) in [4.78, 5) is 9.00. The molecule has 7 nitrogen and oxygen atoms in total. The van der Waals surface area contributed by atoms with Gasteiger partial charge in [0.05, 0.1) is 28.3 Å². The van der Waals surface area contributed by atoms with Crippen molar-refractivity contribution in [1.82, 2.24) is 18.8 Å². The zero-order valence-electron chi connectivity index (χ0n) is 15.9. The number of rotatable bonds is 4. The number of aromatic nitrogens is 3. The lowest BCUT2D eigenvalue weighted by atomic mass is 10.2. The van der Waals surface area contributed by atoms with Crippen LogP contribution in [0.1, 0.15) is 18.4 Å². The summed E-state index contributed by atoms with van der Waals surface area (Å²) in [5.41, 5.74) is 3.47. The molecule has 0 aliphatic carbocycles. The molecule has 29 heavy (non-hydrogen) atoms. The summed E-state index contributed by atoms with van der Waals surface area (Å²) in [6.45, 7) is 2.70. The molecule has 1 fully saturated rings. The molecular formula is C21H20N4O3S. The number of imidazole rings is 1. The van der Waals surface area contributed by atoms with Gasteiger partial charge in [-0.25, -0.2) is 18.4 Å². The molecule has 0 radical (unpaired) electrons. The van der Waals surface area contributed by atoms with E-state index in [0.29, 0.717) is 24.7 Å². The Morgan fingerprint density at radius 3 is 2.66 bits per heavy atom. The predicted octanol–water partition coefficient (Wildman–Crippen LogP) is 3.64. The molecule has 0 saturated carbocycles. The van der Waals surface area contributed by atoms with Crippen LogP contribution in [0.4, 0.5) is 0 Å². The summed E-state index contributed by atoms with van der Waals surface area (Å²) < 4.78 is 35.1. The first-order valence-electron chi connectivity index (χ1n) is 9.47. The molecule has 0 bridgehead atoms. The summed E-state index contributed by atoms with van der Waals surface area (Å²) in [5, 5.41) is 0. The van der Waals surface area contributed by atoms with Crippen molar-refractivity contribution in [1.29, 1.82) is 0 Å². The Labute approximate surface area is 168 Å². The van der Waals surface area contributed by atoms with Crippen LogP contribution in [0.2, 0.25) is 0 Å². The third-order valence-electron chi connectivity index (χ3n) is 5.41. The van der Waals surface area contributed by atoms with E-state index in [9.17, 15) is 8.42 Å². The molecule has 4 aromatic rings. The number of aryl methyl sites for hydroxylation is 1. The van der Waals surface area contributed by atoms with E-state index in [4.69, 9.17) is 4.42 Å². The molecule has 0 spiro atoms. The molecule has 2 aromatic heterocycles. The maximum absolute atomic E-state index is 13.1. The second-order valence-electron chi connectivity index (χ2n) is 7.22. The van der Waals surface area contributed by atoms with E-state index in [-0.39, 0.29) is 10.9 Å². The molecule has 0 amide bonds. The van der Waals surface area contributed by atoms with E-state index in [1.165, 1.54) is 0 Å². The fourth-order valence-corrected chi connectivity index (χ4v) is 5.36. The van der Waals surface area contributed by atoms with Gasteiger partial charge in [-0.15, -0.1) is 0 Å². The Hall–Kier alpha value is -2.97. The van der Waals surface area contributed by atoms with Crippen molar-refractivity contribution < 1.29 is 12.8 Å². The molecule has 8 heteroatoms. The van der Waals surface area contributed by atoms with Crippen LogP contribution in [-0.4, -0.2) is 40.3 Å². The number of fused-ring (bicyclic) bond motifs is 1. The van der Waals surface area contributed by atoms with Crippen LogP contribution < -0.4 is 0 Å². The number of nitrogens with zero attached hydrogens (tertiary/aromatic N) is 4. The summed E-state index contributed by atoms with van der Waals surface area (Å²) in [7, 11) is -3.55. The Morgan fingerprint density at radius 1 is 1.10 bits per heavy atom. The lowest BCUT2D eigenvalue weighted by Gasteiger charge is -2.17. The highest BCUT2D eigenvalue weighted by atomic mass is 32.2. The van der Waals surface area contributed by atoms with Crippen LogP contribution in [0.5, 0.6) is 0 Å². The van der Waals surface area contributed by atoms with Crippen molar-refractivity contribution >= 4 is 21.1 Å². The zero-order chi connectivity index (χ0) is 20.0. The number of para-hydroxylation sites is 2. The average Bonchev–Trinajstić information content (AvgIpc) is 3.47. The van der Waals surface area contributed by atoms with E-state index < -0.39 is 10.0 Å². The molecule has 148 valence electrons. The summed E-state index contributed by atoms with van der Waals surface area (Å²) in [5.74, 6) is 0.576. The van der Waals surface area contributed by atoms with Gasteiger partial charge in [0.2, 0.25) is 10.0 Å². The topological polar surface area (TPSA) is 81.2 Å². The molecule has 0 unspecified atom stereocenters. The van der Waals surface area contributed by atoms with E-state index in [2.05, 4.69) is 14.5 Å². The van der Waals surface area contributed by atoms with Gasteiger partial charge in [0, 0.05) is 25.6 Å². The molecule has 3 heterocycles. The minimum atomic E-state index is -3.55. The number of hydrogen-bond donors (Lipinski definition) is 0. The van der Waals surface area contributed by atoms with Crippen molar-refractivity contribution in [3.05, 3.63) is 67.0 Å². The van der Waals surface area contributed by atoms with Crippen LogP contribution in [-0.2, 0) is 10.0 Å². The fourth-order valence-electron chi connectivity index (χ4n) is 3.87. The van der Waals surface area contributed by atoms with Crippen LogP contribution in [0, 0.1) is 6.92 Å². The molecule has 1 aliphatic heterocycles. The summed E-state index contributed by atoms with van der Waals surface area (Å²) in [6, 6.07) is 14.8. The lowest BCUT2D eigenvalue weighted by Crippen LogP contribution is -2.29. The molecule has 0 N–H and O–H groups in total. The van der Waals surface area contributed by atoms with E-state index in [1.54, 1.807) is 48.1 Å². The lowest BCUT2D eigenvalue weighted by molar-refractivity contribution is 0.455. The van der Waals surface area contributed by atoms with Gasteiger partial charge in [0.15, 0.2) is 5.89 Å². The highest BCUT2D eigenvalue weighted by molar-refractivity contribution is 7.89. The third kappa shape index (κ3) is 3.14. The van der Waals surface area contributed by atoms with Crippen LogP contribution in [0.25, 0.3) is 22.3 Å². The third-order valence-corrected chi connectivity index (χ3v) is 7.29. The SMILES string of the molecule is Cc1nc(-c2ccc(S(=O)(=O)N3CC[C@@H](n4cnc5ccccc54)C3)cc2)co1. The van der Waals surface area contributed by atoms with Crippen LogP contribution in [0.3, 0.4) is 0 Å². The second-order valence-corrected chi connectivity index (χ2v) is 9.16. The number of oxazole rings is 1. The number of benzene rings is 2. The standard InChI is InChI=1S/C21H20N4O3S/c1-15-23-20(13-28-15)16-6-8-18(9-7-16)29(26,27)24-11-10-17(12-24)25-14-22-19-4-2-3-5-21(19)25/h2-9,13-14,17H,10-12H2,1H3/t17-/m1/s1. The minimum Gasteiger partial charge on any atom is -0.449 e. The van der Waals surface area contributed by atoms with Crippen LogP contribution >= 0.6 is 0 Å². The largest absolute Gasteiger partial charge is 0.449 e. The van der Waals surface area contributed by atoms with E-state index in [1.807, 2.05) is 24.3 Å². The second kappa shape index (κ2) is 6.82. The van der Waals surface area contributed by atoms with Crippen molar-refractivity contribution in [3.63, 3.8) is 0 Å². The monoisotopic (exact) mass is 408 g/mol. The predicted molar refractivity (Wildman–Crippen MR) is 109 cm³/mol. The van der Waals surface area contributed by atoms with Crippen molar-refractivity contribution in [2.24, 2.45) is 0 Å². The Kier molecular flexibility index (Phi) is 4.25. The Bertz CT molecular complexity index is 1270. The average molecular weight is 408 g/mol. The first-order chi connectivity index (χ1) is 14.0. The normalized spacial score (nSPS) is 17.9. The highest BCUT2D eigenvalue weighted by Gasteiger charge is 2.33. The molecule has 1 atom stereocenters. The minimum absolute atomic E-state index is 0.0783. The first-order valence-corrected chi connectivity index (χ1v) is 10.9. The molecule has 5 rings (SSSR count). The number of sulfonamides is 1. The number of hydrogen-bond acceptors (Lipinski definition) is 5. The van der Waals surface area contributed by atoms with E-state index >= 15 is 0 Å². The van der Waals surface area contributed by atoms with Gasteiger partial charge in [0.25, 0.3) is 0 Å². The van der Waals surface area contributed by atoms with Crippen molar-refractivity contribution in [2.75, 3.05) is 13.1 Å². The quantitative estimate of drug-likeness (QED) is 0.515. The van der Waals surface area contributed by atoms with Gasteiger partial charge in [-0.05, 0) is 30.7 Å². The van der Waals surface area contributed by atoms with Crippen LogP contribution in [0.15, 0.2) is 70.4 Å². The summed E-state index contributed by atoms with van der Waals surface area (Å²) >= 11 is 0. The van der Waals surface area contributed by atoms with Gasteiger partial charge in [0.1, 0.15) is 12.0 Å². The van der Waals surface area contributed by atoms with Gasteiger partial charge >= 0.3 is 0 Å². The molecular weight excluding hydrogens is 388 g/mol. The van der Waals surface area contributed by atoms with E-state index in [0.717, 1.165) is 23.0 Å². The van der Waals surface area contributed by atoms with Crippen molar-refractivity contribution in [3.8, 4) is 11.3 Å². The zero-order valence-corrected chi connectivity index (χ0v) is 16.7. The first kappa shape index (κ1) is 18.1. The van der Waals surface area contributed by atoms with Crippen molar-refractivity contribution in [2.45, 2.75) is 24.3 Å². The highest BCUT2D eigenvalue weighted by Crippen LogP contribution is 2.30. The van der Waals surface area contributed by atoms with Gasteiger partial charge in [-0.1, -0.05) is 24.3 Å². The van der Waals surface area contributed by atoms with Gasteiger partial charge < -0.3 is 8.98 Å². The van der Waals surface area contributed by atoms with Gasteiger partial charge in [-0.3, -0.25) is 0 Å². The Balaban J connectivity index is 1.38. The molecule has 1 aliphatic rings. The summed E-state index contributed by atoms with van der Waals surface area (Å²) in [6.07, 6.45) is 4.13. The molecule has 1 saturated heterocycles. The van der Waals surface area contributed by atoms with Gasteiger partial charge in [-0.2, -0.15) is 4.31 Å². The maximum atomic E-state index is 13.1. The Morgan fingerprint density at radius 2 is 1.90 bits per heavy atom.